The van der Waals surface area contributed by atoms with Gasteiger partial charge in [-0.3, -0.25) is 10.1 Å². The summed E-state index contributed by atoms with van der Waals surface area (Å²) in [4.78, 5) is 9.90. The summed E-state index contributed by atoms with van der Waals surface area (Å²) in [6.45, 7) is 0. The van der Waals surface area contributed by atoms with Gasteiger partial charge in [0.2, 0.25) is 0 Å². The number of hydrazine groups is 1. The number of rotatable bonds is 4. The highest BCUT2D eigenvalue weighted by Crippen LogP contribution is 2.32. The molecule has 0 aromatic heterocycles. The molecule has 0 aliphatic rings. The summed E-state index contributed by atoms with van der Waals surface area (Å²) >= 11 is 0. The van der Waals surface area contributed by atoms with E-state index in [4.69, 9.17) is 4.74 Å². The molecular weight excluding hydrogens is 217 g/mol. The lowest BCUT2D eigenvalue weighted by molar-refractivity contribution is -0.385. The molecule has 0 amide bonds. The van der Waals surface area contributed by atoms with Gasteiger partial charge in [-0.1, -0.05) is 0 Å². The Morgan fingerprint density at radius 3 is 2.56 bits per heavy atom. The number of methoxy groups -OCH3 is 1. The van der Waals surface area contributed by atoms with Crippen LogP contribution in [0.15, 0.2) is 12.1 Å². The number of hydrogen-bond acceptors (Lipinski definition) is 5. The normalized spacial score (nSPS) is 10.3. The van der Waals surface area contributed by atoms with Crippen LogP contribution in [0.4, 0.5) is 15.8 Å². The third kappa shape index (κ3) is 2.57. The van der Waals surface area contributed by atoms with E-state index in [2.05, 4.69) is 5.43 Å². The molecule has 1 rings (SSSR count). The topological polar surface area (TPSA) is 67.6 Å². The molecule has 6 nitrogen and oxygen atoms in total. The monoisotopic (exact) mass is 229 g/mol. The van der Waals surface area contributed by atoms with Crippen LogP contribution in [-0.2, 0) is 0 Å². The quantitative estimate of drug-likeness (QED) is 0.627. The molecule has 1 N–H and O–H groups in total. The van der Waals surface area contributed by atoms with Gasteiger partial charge in [0.05, 0.1) is 23.8 Å². The summed E-state index contributed by atoms with van der Waals surface area (Å²) in [5, 5.41) is 12.1. The van der Waals surface area contributed by atoms with Crippen LogP contribution < -0.4 is 10.2 Å². The van der Waals surface area contributed by atoms with Crippen molar-refractivity contribution in [3.63, 3.8) is 0 Å². The van der Waals surface area contributed by atoms with Crippen LogP contribution in [-0.4, -0.2) is 31.1 Å². The number of anilines is 1. The Morgan fingerprint density at radius 2 is 2.12 bits per heavy atom. The van der Waals surface area contributed by atoms with Crippen LogP contribution in [0.2, 0.25) is 0 Å². The fourth-order valence-corrected chi connectivity index (χ4v) is 1.18. The Morgan fingerprint density at radius 1 is 1.50 bits per heavy atom. The highest BCUT2D eigenvalue weighted by Gasteiger charge is 2.19. The first-order valence-corrected chi connectivity index (χ1v) is 4.41. The number of nitro benzene ring substituents is 1. The van der Waals surface area contributed by atoms with Gasteiger partial charge in [0.15, 0.2) is 11.6 Å². The second kappa shape index (κ2) is 4.75. The number of halogens is 1. The molecule has 0 spiro atoms. The molecule has 0 atom stereocenters. The van der Waals surface area contributed by atoms with E-state index in [-0.39, 0.29) is 11.4 Å². The second-order valence-corrected chi connectivity index (χ2v) is 3.27. The van der Waals surface area contributed by atoms with Gasteiger partial charge in [0.25, 0.3) is 0 Å². The SMILES string of the molecule is COc1cc(NN(C)C)c(F)cc1[N+](=O)[O-]. The van der Waals surface area contributed by atoms with Crippen molar-refractivity contribution in [3.8, 4) is 5.75 Å². The Hall–Kier alpha value is -1.89. The Labute approximate surface area is 91.7 Å². The predicted octanol–water partition coefficient (Wildman–Crippen LogP) is 1.63. The predicted molar refractivity (Wildman–Crippen MR) is 56.9 cm³/mol. The Kier molecular flexibility index (Phi) is 3.62. The largest absolute Gasteiger partial charge is 0.490 e. The van der Waals surface area contributed by atoms with E-state index in [0.717, 1.165) is 6.07 Å². The smallest absolute Gasteiger partial charge is 0.313 e. The second-order valence-electron chi connectivity index (χ2n) is 3.27. The van der Waals surface area contributed by atoms with Crippen molar-refractivity contribution >= 4 is 11.4 Å². The molecular formula is C9H12FN3O3. The van der Waals surface area contributed by atoms with Crippen molar-refractivity contribution in [3.05, 3.63) is 28.1 Å². The van der Waals surface area contributed by atoms with E-state index < -0.39 is 16.4 Å². The fraction of sp³-hybridized carbons (Fsp3) is 0.333. The van der Waals surface area contributed by atoms with Gasteiger partial charge < -0.3 is 10.2 Å². The van der Waals surface area contributed by atoms with Gasteiger partial charge in [0, 0.05) is 20.2 Å². The molecule has 88 valence electrons. The van der Waals surface area contributed by atoms with Crippen LogP contribution in [0.3, 0.4) is 0 Å². The van der Waals surface area contributed by atoms with Crippen LogP contribution in [0, 0.1) is 15.9 Å². The van der Waals surface area contributed by atoms with Crippen LogP contribution in [0.1, 0.15) is 0 Å². The van der Waals surface area contributed by atoms with Crippen molar-refractivity contribution in [2.45, 2.75) is 0 Å². The first-order chi connectivity index (χ1) is 7.45. The highest BCUT2D eigenvalue weighted by atomic mass is 19.1. The average molecular weight is 229 g/mol. The van der Waals surface area contributed by atoms with Crippen LogP contribution in [0.25, 0.3) is 0 Å². The lowest BCUT2D eigenvalue weighted by Gasteiger charge is -2.14. The van der Waals surface area contributed by atoms with Crippen molar-refractivity contribution in [1.82, 2.24) is 5.01 Å². The lowest BCUT2D eigenvalue weighted by atomic mass is 10.2. The van der Waals surface area contributed by atoms with Gasteiger partial charge in [-0.05, 0) is 0 Å². The number of ether oxygens (including phenoxy) is 1. The van der Waals surface area contributed by atoms with E-state index in [1.807, 2.05) is 0 Å². The molecule has 1 aromatic rings. The van der Waals surface area contributed by atoms with Gasteiger partial charge in [-0.15, -0.1) is 0 Å². The molecule has 0 aliphatic carbocycles. The molecule has 16 heavy (non-hydrogen) atoms. The molecule has 0 unspecified atom stereocenters. The summed E-state index contributed by atoms with van der Waals surface area (Å²) in [6, 6.07) is 2.07. The maximum absolute atomic E-state index is 13.4. The van der Waals surface area contributed by atoms with E-state index >= 15 is 0 Å². The zero-order valence-electron chi connectivity index (χ0n) is 9.15. The molecule has 0 fully saturated rings. The van der Waals surface area contributed by atoms with Gasteiger partial charge in [-0.25, -0.2) is 9.40 Å². The van der Waals surface area contributed by atoms with Crippen molar-refractivity contribution < 1.29 is 14.1 Å². The zero-order chi connectivity index (χ0) is 12.3. The summed E-state index contributed by atoms with van der Waals surface area (Å²) < 4.78 is 18.3. The number of nitrogens with one attached hydrogen (secondary N) is 1. The minimum Gasteiger partial charge on any atom is -0.490 e. The molecule has 0 bridgehead atoms. The molecule has 0 radical (unpaired) electrons. The number of nitro groups is 1. The Balaban J connectivity index is 3.20. The summed E-state index contributed by atoms with van der Waals surface area (Å²) in [5.41, 5.74) is 2.39. The van der Waals surface area contributed by atoms with Gasteiger partial charge in [0.1, 0.15) is 0 Å². The summed E-state index contributed by atoms with van der Waals surface area (Å²) in [6.07, 6.45) is 0. The summed E-state index contributed by atoms with van der Waals surface area (Å²) in [7, 11) is 4.64. The molecule has 0 saturated heterocycles. The van der Waals surface area contributed by atoms with E-state index in [1.165, 1.54) is 18.2 Å². The van der Waals surface area contributed by atoms with Crippen molar-refractivity contribution in [1.29, 1.82) is 0 Å². The highest BCUT2D eigenvalue weighted by molar-refractivity contribution is 5.58. The zero-order valence-corrected chi connectivity index (χ0v) is 9.15. The van der Waals surface area contributed by atoms with E-state index in [1.54, 1.807) is 14.1 Å². The number of hydrogen-bond donors (Lipinski definition) is 1. The minimum atomic E-state index is -0.707. The van der Waals surface area contributed by atoms with Gasteiger partial charge >= 0.3 is 5.69 Å². The maximum Gasteiger partial charge on any atom is 0.313 e. The average Bonchev–Trinajstić information content (AvgIpc) is 2.19. The van der Waals surface area contributed by atoms with Crippen LogP contribution >= 0.6 is 0 Å². The molecule has 1 aromatic carbocycles. The van der Waals surface area contributed by atoms with Crippen molar-refractivity contribution in [2.24, 2.45) is 0 Å². The number of benzene rings is 1. The molecule has 0 aliphatic heterocycles. The van der Waals surface area contributed by atoms with E-state index in [0.29, 0.717) is 0 Å². The summed E-state index contributed by atoms with van der Waals surface area (Å²) in [5.74, 6) is -0.697. The fourth-order valence-electron chi connectivity index (χ4n) is 1.18. The first kappa shape index (κ1) is 12.2. The van der Waals surface area contributed by atoms with Crippen LogP contribution in [0.5, 0.6) is 5.75 Å². The third-order valence-corrected chi connectivity index (χ3v) is 1.81. The number of nitrogens with zero attached hydrogens (tertiary/aromatic N) is 2. The third-order valence-electron chi connectivity index (χ3n) is 1.81. The van der Waals surface area contributed by atoms with Gasteiger partial charge in [-0.2, -0.15) is 0 Å². The molecule has 0 saturated carbocycles. The lowest BCUT2D eigenvalue weighted by Crippen LogP contribution is -2.20. The minimum absolute atomic E-state index is 0.00995. The van der Waals surface area contributed by atoms with Crippen molar-refractivity contribution in [2.75, 3.05) is 26.6 Å². The standard InChI is InChI=1S/C9H12FN3O3/c1-12(2)11-7-5-9(16-3)8(13(14)15)4-6(7)10/h4-5,11H,1-3H3. The maximum atomic E-state index is 13.4. The van der Waals surface area contributed by atoms with E-state index in [9.17, 15) is 14.5 Å². The Bertz CT molecular complexity index is 409. The first-order valence-electron chi connectivity index (χ1n) is 4.41. The molecule has 0 heterocycles. The molecule has 7 heteroatoms.